The first-order valence-electron chi connectivity index (χ1n) is 5.71. The molecule has 0 saturated carbocycles. The summed E-state index contributed by atoms with van der Waals surface area (Å²) in [6.07, 6.45) is 0. The molecule has 2 aromatic rings. The van der Waals surface area contributed by atoms with Crippen molar-refractivity contribution in [2.24, 2.45) is 0 Å². The number of hydrogen-bond acceptors (Lipinski definition) is 5. The zero-order valence-electron chi connectivity index (χ0n) is 10.6. The Hall–Kier alpha value is -2.89. The maximum Gasteiger partial charge on any atom is 0.343 e. The van der Waals surface area contributed by atoms with Crippen LogP contribution in [0.4, 0.5) is 5.69 Å². The number of rotatable bonds is 4. The molecule has 0 saturated heterocycles. The van der Waals surface area contributed by atoms with Crippen LogP contribution in [0.15, 0.2) is 48.5 Å². The van der Waals surface area contributed by atoms with Crippen molar-refractivity contribution in [1.29, 1.82) is 0 Å². The molecule has 0 aromatic heterocycles. The third-order valence-corrected chi connectivity index (χ3v) is 2.56. The summed E-state index contributed by atoms with van der Waals surface area (Å²) in [5, 5.41) is 10.6. The monoisotopic (exact) mass is 273 g/mol. The van der Waals surface area contributed by atoms with Crippen LogP contribution in [0.2, 0.25) is 0 Å². The fourth-order valence-corrected chi connectivity index (χ4v) is 1.56. The number of carbonyl (C=O) groups is 1. The maximum absolute atomic E-state index is 11.9. The Bertz CT molecular complexity index is 636. The van der Waals surface area contributed by atoms with Gasteiger partial charge in [-0.25, -0.2) is 4.79 Å². The molecule has 20 heavy (non-hydrogen) atoms. The van der Waals surface area contributed by atoms with Crippen LogP contribution in [0.25, 0.3) is 0 Å². The first-order chi connectivity index (χ1) is 9.60. The van der Waals surface area contributed by atoms with Crippen LogP contribution >= 0.6 is 0 Å². The molecule has 0 N–H and O–H groups in total. The summed E-state index contributed by atoms with van der Waals surface area (Å²) in [6.45, 7) is 0. The van der Waals surface area contributed by atoms with Crippen LogP contribution < -0.4 is 9.47 Å². The van der Waals surface area contributed by atoms with E-state index in [1.165, 1.54) is 31.4 Å². The molecular formula is C14H11NO5. The highest BCUT2D eigenvalue weighted by Gasteiger charge is 2.13. The van der Waals surface area contributed by atoms with Crippen LogP contribution in [-0.2, 0) is 0 Å². The second kappa shape index (κ2) is 5.83. The van der Waals surface area contributed by atoms with Crippen molar-refractivity contribution < 1.29 is 19.2 Å². The summed E-state index contributed by atoms with van der Waals surface area (Å²) in [4.78, 5) is 21.9. The van der Waals surface area contributed by atoms with Gasteiger partial charge in [0.15, 0.2) is 0 Å². The zero-order chi connectivity index (χ0) is 14.5. The van der Waals surface area contributed by atoms with Gasteiger partial charge in [0.05, 0.1) is 17.6 Å². The predicted molar refractivity (Wildman–Crippen MR) is 71.0 cm³/mol. The standard InChI is InChI=1S/C14H11NO5/c1-19-12-5-7-13(8-6-12)20-14(16)10-3-2-4-11(9-10)15(17)18/h2-9H,1H3. The molecule has 0 spiro atoms. The van der Waals surface area contributed by atoms with E-state index in [1.807, 2.05) is 0 Å². The van der Waals surface area contributed by atoms with E-state index < -0.39 is 10.9 Å². The van der Waals surface area contributed by atoms with Gasteiger partial charge in [0.25, 0.3) is 5.69 Å². The maximum atomic E-state index is 11.9. The zero-order valence-corrected chi connectivity index (χ0v) is 10.6. The number of non-ortho nitro benzene ring substituents is 1. The van der Waals surface area contributed by atoms with E-state index in [9.17, 15) is 14.9 Å². The molecule has 0 heterocycles. The van der Waals surface area contributed by atoms with E-state index >= 15 is 0 Å². The lowest BCUT2D eigenvalue weighted by Gasteiger charge is -2.05. The number of hydrogen-bond donors (Lipinski definition) is 0. The van der Waals surface area contributed by atoms with E-state index in [-0.39, 0.29) is 11.3 Å². The highest BCUT2D eigenvalue weighted by Crippen LogP contribution is 2.19. The quantitative estimate of drug-likeness (QED) is 0.370. The summed E-state index contributed by atoms with van der Waals surface area (Å²) in [5.74, 6) is 0.321. The third kappa shape index (κ3) is 3.11. The van der Waals surface area contributed by atoms with Crippen molar-refractivity contribution in [2.45, 2.75) is 0 Å². The fraction of sp³-hybridized carbons (Fsp3) is 0.0714. The summed E-state index contributed by atoms with van der Waals surface area (Å²) in [5.41, 5.74) is -0.0378. The lowest BCUT2D eigenvalue weighted by atomic mass is 10.2. The summed E-state index contributed by atoms with van der Waals surface area (Å²) >= 11 is 0. The molecule has 0 aliphatic carbocycles. The number of methoxy groups -OCH3 is 1. The van der Waals surface area contributed by atoms with Gasteiger partial charge in [-0.15, -0.1) is 0 Å². The average molecular weight is 273 g/mol. The molecule has 0 fully saturated rings. The number of benzene rings is 2. The van der Waals surface area contributed by atoms with E-state index in [0.717, 1.165) is 0 Å². The van der Waals surface area contributed by atoms with Gasteiger partial charge in [0, 0.05) is 12.1 Å². The fourth-order valence-electron chi connectivity index (χ4n) is 1.56. The van der Waals surface area contributed by atoms with Gasteiger partial charge in [0.2, 0.25) is 0 Å². The third-order valence-electron chi connectivity index (χ3n) is 2.56. The normalized spacial score (nSPS) is 9.85. The number of nitrogens with zero attached hydrogens (tertiary/aromatic N) is 1. The summed E-state index contributed by atoms with van der Waals surface area (Å²) in [6, 6.07) is 11.8. The van der Waals surface area contributed by atoms with Crippen molar-refractivity contribution in [3.63, 3.8) is 0 Å². The molecule has 6 heteroatoms. The highest BCUT2D eigenvalue weighted by atomic mass is 16.6. The van der Waals surface area contributed by atoms with E-state index in [2.05, 4.69) is 0 Å². The largest absolute Gasteiger partial charge is 0.497 e. The molecule has 0 radical (unpaired) electrons. The van der Waals surface area contributed by atoms with Crippen LogP contribution in [-0.4, -0.2) is 18.0 Å². The van der Waals surface area contributed by atoms with Crippen molar-refractivity contribution in [2.75, 3.05) is 7.11 Å². The molecule has 102 valence electrons. The van der Waals surface area contributed by atoms with Crippen LogP contribution in [0.3, 0.4) is 0 Å². The smallest absolute Gasteiger partial charge is 0.343 e. The topological polar surface area (TPSA) is 78.7 Å². The Kier molecular flexibility index (Phi) is 3.95. The summed E-state index contributed by atoms with van der Waals surface area (Å²) in [7, 11) is 1.53. The van der Waals surface area contributed by atoms with Crippen molar-refractivity contribution in [1.82, 2.24) is 0 Å². The van der Waals surface area contributed by atoms with Crippen LogP contribution in [0.1, 0.15) is 10.4 Å². The van der Waals surface area contributed by atoms with E-state index in [0.29, 0.717) is 11.5 Å². The van der Waals surface area contributed by atoms with Gasteiger partial charge in [-0.2, -0.15) is 0 Å². The van der Waals surface area contributed by atoms with Gasteiger partial charge in [-0.1, -0.05) is 6.07 Å². The average Bonchev–Trinajstić information content (AvgIpc) is 2.48. The molecule has 0 amide bonds. The second-order valence-corrected chi connectivity index (χ2v) is 3.87. The minimum atomic E-state index is -0.654. The van der Waals surface area contributed by atoms with Crippen molar-refractivity contribution >= 4 is 11.7 Å². The molecule has 0 unspecified atom stereocenters. The first kappa shape index (κ1) is 13.5. The lowest BCUT2D eigenvalue weighted by molar-refractivity contribution is -0.384. The molecule has 0 bridgehead atoms. The SMILES string of the molecule is COc1ccc(OC(=O)c2cccc([N+](=O)[O-])c2)cc1. The van der Waals surface area contributed by atoms with Gasteiger partial charge in [-0.05, 0) is 30.3 Å². The van der Waals surface area contributed by atoms with Gasteiger partial charge >= 0.3 is 5.97 Å². The van der Waals surface area contributed by atoms with Gasteiger partial charge < -0.3 is 9.47 Å². The summed E-state index contributed by atoms with van der Waals surface area (Å²) < 4.78 is 10.1. The minimum Gasteiger partial charge on any atom is -0.497 e. The second-order valence-electron chi connectivity index (χ2n) is 3.87. The number of nitro groups is 1. The molecule has 0 aliphatic heterocycles. The highest BCUT2D eigenvalue weighted by molar-refractivity contribution is 5.91. The van der Waals surface area contributed by atoms with Gasteiger partial charge in [0.1, 0.15) is 11.5 Å². The van der Waals surface area contributed by atoms with Crippen molar-refractivity contribution in [3.05, 3.63) is 64.2 Å². The van der Waals surface area contributed by atoms with Crippen LogP contribution in [0, 0.1) is 10.1 Å². The molecule has 0 atom stereocenters. The Labute approximate surface area is 114 Å². The Morgan fingerprint density at radius 2 is 1.75 bits per heavy atom. The number of ether oxygens (including phenoxy) is 2. The van der Waals surface area contributed by atoms with Gasteiger partial charge in [-0.3, -0.25) is 10.1 Å². The number of nitro benzene ring substituents is 1. The molecule has 2 rings (SSSR count). The Morgan fingerprint density at radius 3 is 2.35 bits per heavy atom. The Balaban J connectivity index is 2.14. The van der Waals surface area contributed by atoms with E-state index in [4.69, 9.17) is 9.47 Å². The molecule has 0 aliphatic rings. The minimum absolute atomic E-state index is 0.120. The molecule has 2 aromatic carbocycles. The Morgan fingerprint density at radius 1 is 1.10 bits per heavy atom. The van der Waals surface area contributed by atoms with E-state index in [1.54, 1.807) is 24.3 Å². The lowest BCUT2D eigenvalue weighted by Crippen LogP contribution is -2.08. The molecule has 6 nitrogen and oxygen atoms in total. The van der Waals surface area contributed by atoms with Crippen molar-refractivity contribution in [3.8, 4) is 11.5 Å². The predicted octanol–water partition coefficient (Wildman–Crippen LogP) is 2.82. The number of esters is 1. The molecular weight excluding hydrogens is 262 g/mol. The van der Waals surface area contributed by atoms with Crippen LogP contribution in [0.5, 0.6) is 11.5 Å². The number of carbonyl (C=O) groups excluding carboxylic acids is 1. The first-order valence-corrected chi connectivity index (χ1v) is 5.71.